The molecule has 2 atom stereocenters. The quantitative estimate of drug-likeness (QED) is 0.709. The molecule has 1 heteroatoms. The van der Waals surface area contributed by atoms with E-state index in [1.807, 2.05) is 0 Å². The summed E-state index contributed by atoms with van der Waals surface area (Å²) in [5.74, 6) is 0. The zero-order valence-corrected chi connectivity index (χ0v) is 10.9. The lowest BCUT2D eigenvalue weighted by atomic mass is 10.0. The van der Waals surface area contributed by atoms with Crippen LogP contribution in [0.25, 0.3) is 0 Å². The summed E-state index contributed by atoms with van der Waals surface area (Å²) in [6.07, 6.45) is 7.49. The van der Waals surface area contributed by atoms with Gasteiger partial charge in [-0.1, -0.05) is 42.0 Å². The maximum absolute atomic E-state index is 6.05. The Bertz CT molecular complexity index is 366. The van der Waals surface area contributed by atoms with Crippen LogP contribution in [0.15, 0.2) is 42.0 Å². The predicted octanol–water partition coefficient (Wildman–Crippen LogP) is 4.13. The highest BCUT2D eigenvalue weighted by molar-refractivity contribution is 5.15. The van der Waals surface area contributed by atoms with Gasteiger partial charge in [0, 0.05) is 0 Å². The molecule has 0 amide bonds. The van der Waals surface area contributed by atoms with E-state index in [0.29, 0.717) is 12.2 Å². The summed E-state index contributed by atoms with van der Waals surface area (Å²) >= 11 is 0. The zero-order valence-electron chi connectivity index (χ0n) is 10.9. The zero-order chi connectivity index (χ0) is 12.1. The van der Waals surface area contributed by atoms with Crippen molar-refractivity contribution in [2.75, 3.05) is 0 Å². The van der Waals surface area contributed by atoms with E-state index in [2.05, 4.69) is 50.3 Å². The Morgan fingerprint density at radius 2 is 2.00 bits per heavy atom. The summed E-state index contributed by atoms with van der Waals surface area (Å²) in [4.78, 5) is 0. The van der Waals surface area contributed by atoms with Crippen molar-refractivity contribution < 1.29 is 4.74 Å². The molecule has 1 heterocycles. The van der Waals surface area contributed by atoms with Gasteiger partial charge in [-0.25, -0.2) is 0 Å². The molecule has 0 N–H and O–H groups in total. The van der Waals surface area contributed by atoms with Crippen molar-refractivity contribution >= 4 is 0 Å². The van der Waals surface area contributed by atoms with Crippen LogP contribution >= 0.6 is 0 Å². The summed E-state index contributed by atoms with van der Waals surface area (Å²) in [7, 11) is 0. The number of hydrogen-bond donors (Lipinski definition) is 0. The first-order valence-electron chi connectivity index (χ1n) is 6.59. The molecule has 0 bridgehead atoms. The van der Waals surface area contributed by atoms with Gasteiger partial charge in [-0.3, -0.25) is 0 Å². The van der Waals surface area contributed by atoms with E-state index in [1.165, 1.54) is 11.1 Å². The van der Waals surface area contributed by atoms with Crippen molar-refractivity contribution in [3.8, 4) is 0 Å². The monoisotopic (exact) mass is 230 g/mol. The van der Waals surface area contributed by atoms with Crippen LogP contribution in [0, 0.1) is 0 Å². The normalized spacial score (nSPS) is 25.2. The predicted molar refractivity (Wildman–Crippen MR) is 72.1 cm³/mol. The molecule has 0 aliphatic carbocycles. The number of hydrogen-bond acceptors (Lipinski definition) is 1. The summed E-state index contributed by atoms with van der Waals surface area (Å²) < 4.78 is 6.05. The van der Waals surface area contributed by atoms with E-state index < -0.39 is 0 Å². The van der Waals surface area contributed by atoms with Crippen molar-refractivity contribution in [2.45, 2.75) is 51.7 Å². The number of ether oxygens (including phenoxy) is 1. The largest absolute Gasteiger partial charge is 0.375 e. The second-order valence-electron chi connectivity index (χ2n) is 5.08. The van der Waals surface area contributed by atoms with E-state index >= 15 is 0 Å². The molecule has 0 aromatic heterocycles. The van der Waals surface area contributed by atoms with Crippen LogP contribution in [0.5, 0.6) is 0 Å². The van der Waals surface area contributed by atoms with Gasteiger partial charge < -0.3 is 4.74 Å². The summed E-state index contributed by atoms with van der Waals surface area (Å²) in [6, 6.07) is 10.7. The van der Waals surface area contributed by atoms with Crippen molar-refractivity contribution in [1.82, 2.24) is 0 Å². The van der Waals surface area contributed by atoms with Gasteiger partial charge in [0.15, 0.2) is 0 Å². The molecule has 0 unspecified atom stereocenters. The fraction of sp³-hybridized carbons (Fsp3) is 0.500. The molecule has 0 spiro atoms. The molecule has 0 saturated carbocycles. The maximum atomic E-state index is 6.05. The first kappa shape index (κ1) is 12.4. The maximum Gasteiger partial charge on any atom is 0.0619 e. The molecular formula is C16H22O. The second-order valence-corrected chi connectivity index (χ2v) is 5.08. The standard InChI is InChI=1S/C16H22O/c1-13-8-9-14(2)17-16(12-13)11-10-15-6-4-3-5-7-15/h3-8,14,16H,9-12H2,1-2H3/t14-,16+/m0/s1. The van der Waals surface area contributed by atoms with Gasteiger partial charge >= 0.3 is 0 Å². The highest BCUT2D eigenvalue weighted by Gasteiger charge is 2.16. The third kappa shape index (κ3) is 4.01. The van der Waals surface area contributed by atoms with Crippen LogP contribution in [0.2, 0.25) is 0 Å². The Labute approximate surface area is 104 Å². The molecular weight excluding hydrogens is 208 g/mol. The minimum atomic E-state index is 0.369. The smallest absolute Gasteiger partial charge is 0.0619 e. The number of benzene rings is 1. The minimum Gasteiger partial charge on any atom is -0.375 e. The Morgan fingerprint density at radius 3 is 2.76 bits per heavy atom. The van der Waals surface area contributed by atoms with Gasteiger partial charge in [-0.05, 0) is 45.1 Å². The fourth-order valence-corrected chi connectivity index (χ4v) is 2.38. The van der Waals surface area contributed by atoms with Gasteiger partial charge in [-0.15, -0.1) is 0 Å². The molecule has 1 aromatic carbocycles. The van der Waals surface area contributed by atoms with Gasteiger partial charge in [0.2, 0.25) is 0 Å². The van der Waals surface area contributed by atoms with Crippen LogP contribution in [0.4, 0.5) is 0 Å². The third-order valence-electron chi connectivity index (χ3n) is 3.37. The Hall–Kier alpha value is -1.08. The van der Waals surface area contributed by atoms with Crippen molar-refractivity contribution in [1.29, 1.82) is 0 Å². The lowest BCUT2D eigenvalue weighted by molar-refractivity contribution is 0.000353. The average molecular weight is 230 g/mol. The second kappa shape index (κ2) is 6.02. The van der Waals surface area contributed by atoms with Crippen molar-refractivity contribution in [3.05, 3.63) is 47.5 Å². The molecule has 17 heavy (non-hydrogen) atoms. The highest BCUT2D eigenvalue weighted by Crippen LogP contribution is 2.21. The van der Waals surface area contributed by atoms with Crippen LogP contribution in [-0.4, -0.2) is 12.2 Å². The Morgan fingerprint density at radius 1 is 1.24 bits per heavy atom. The summed E-state index contributed by atoms with van der Waals surface area (Å²) in [5.41, 5.74) is 2.89. The average Bonchev–Trinajstić information content (AvgIpc) is 2.50. The van der Waals surface area contributed by atoms with Gasteiger partial charge in [0.05, 0.1) is 12.2 Å². The summed E-state index contributed by atoms with van der Waals surface area (Å²) in [5, 5.41) is 0. The fourth-order valence-electron chi connectivity index (χ4n) is 2.38. The number of aryl methyl sites for hydroxylation is 1. The van der Waals surface area contributed by atoms with E-state index in [9.17, 15) is 0 Å². The van der Waals surface area contributed by atoms with Crippen LogP contribution in [-0.2, 0) is 11.2 Å². The highest BCUT2D eigenvalue weighted by atomic mass is 16.5. The topological polar surface area (TPSA) is 9.23 Å². The lowest BCUT2D eigenvalue weighted by Gasteiger charge is -2.19. The van der Waals surface area contributed by atoms with Gasteiger partial charge in [-0.2, -0.15) is 0 Å². The van der Waals surface area contributed by atoms with Crippen molar-refractivity contribution in [2.24, 2.45) is 0 Å². The van der Waals surface area contributed by atoms with E-state index in [4.69, 9.17) is 4.74 Å². The molecule has 0 saturated heterocycles. The van der Waals surface area contributed by atoms with Crippen LogP contribution < -0.4 is 0 Å². The molecule has 0 radical (unpaired) electrons. The SMILES string of the molecule is CC1=CC[C@H](C)O[C@H](CCc2ccccc2)C1. The van der Waals surface area contributed by atoms with Crippen LogP contribution in [0.3, 0.4) is 0 Å². The molecule has 0 fully saturated rings. The molecule has 1 aliphatic heterocycles. The van der Waals surface area contributed by atoms with E-state index in [0.717, 1.165) is 25.7 Å². The van der Waals surface area contributed by atoms with Gasteiger partial charge in [0.25, 0.3) is 0 Å². The van der Waals surface area contributed by atoms with Gasteiger partial charge in [0.1, 0.15) is 0 Å². The molecule has 1 nitrogen and oxygen atoms in total. The molecule has 2 rings (SSSR count). The first-order chi connectivity index (χ1) is 8.24. The Kier molecular flexibility index (Phi) is 4.38. The Balaban J connectivity index is 1.88. The van der Waals surface area contributed by atoms with E-state index in [-0.39, 0.29) is 0 Å². The lowest BCUT2D eigenvalue weighted by Crippen LogP contribution is -2.18. The first-order valence-corrected chi connectivity index (χ1v) is 6.59. The van der Waals surface area contributed by atoms with E-state index in [1.54, 1.807) is 0 Å². The van der Waals surface area contributed by atoms with Crippen molar-refractivity contribution in [3.63, 3.8) is 0 Å². The third-order valence-corrected chi connectivity index (χ3v) is 3.37. The minimum absolute atomic E-state index is 0.369. The summed E-state index contributed by atoms with van der Waals surface area (Å²) in [6.45, 7) is 4.39. The molecule has 1 aromatic rings. The molecule has 92 valence electrons. The molecule has 1 aliphatic rings. The van der Waals surface area contributed by atoms with Crippen LogP contribution in [0.1, 0.15) is 38.7 Å². The number of rotatable bonds is 3.